The van der Waals surface area contributed by atoms with Crippen LogP contribution in [0.3, 0.4) is 0 Å². The smallest absolute Gasteiger partial charge is 0.244 e. The number of aliphatic hydroxyl groups is 1. The molecule has 0 aromatic heterocycles. The van der Waals surface area contributed by atoms with Gasteiger partial charge in [-0.05, 0) is 19.1 Å². The van der Waals surface area contributed by atoms with E-state index in [9.17, 15) is 13.5 Å². The van der Waals surface area contributed by atoms with E-state index in [1.807, 2.05) is 0 Å². The van der Waals surface area contributed by atoms with E-state index >= 15 is 0 Å². The van der Waals surface area contributed by atoms with Gasteiger partial charge in [-0.3, -0.25) is 0 Å². The van der Waals surface area contributed by atoms with Gasteiger partial charge in [-0.1, -0.05) is 11.6 Å². The molecule has 0 bridgehead atoms. The highest BCUT2D eigenvalue weighted by Crippen LogP contribution is 2.31. The average Bonchev–Trinajstić information content (AvgIpc) is 2.37. The Morgan fingerprint density at radius 2 is 2.05 bits per heavy atom. The molecule has 0 saturated heterocycles. The van der Waals surface area contributed by atoms with Gasteiger partial charge in [-0.15, -0.1) is 0 Å². The Hall–Kier alpha value is -0.860. The second kappa shape index (κ2) is 7.24. The van der Waals surface area contributed by atoms with Crippen molar-refractivity contribution < 1.29 is 23.0 Å². The SMILES string of the molecule is COCC(C)NS(=O)(=O)c1cc(Cl)cc(CO)c1OC. The van der Waals surface area contributed by atoms with E-state index in [-0.39, 0.29) is 28.9 Å². The van der Waals surface area contributed by atoms with Crippen molar-refractivity contribution in [2.75, 3.05) is 20.8 Å². The van der Waals surface area contributed by atoms with Crippen LogP contribution in [-0.2, 0) is 21.4 Å². The Bertz CT molecular complexity index is 561. The van der Waals surface area contributed by atoms with E-state index in [1.54, 1.807) is 6.92 Å². The van der Waals surface area contributed by atoms with Gasteiger partial charge in [-0.2, -0.15) is 0 Å². The molecule has 2 N–H and O–H groups in total. The monoisotopic (exact) mass is 323 g/mol. The third-order valence-corrected chi connectivity index (χ3v) is 4.35. The van der Waals surface area contributed by atoms with Crippen molar-refractivity contribution in [2.45, 2.75) is 24.5 Å². The summed E-state index contributed by atoms with van der Waals surface area (Å²) in [5.41, 5.74) is 0.305. The van der Waals surface area contributed by atoms with Crippen LogP contribution in [0.15, 0.2) is 17.0 Å². The van der Waals surface area contributed by atoms with Crippen molar-refractivity contribution in [2.24, 2.45) is 0 Å². The van der Waals surface area contributed by atoms with Crippen LogP contribution in [-0.4, -0.2) is 40.4 Å². The molecule has 0 saturated carbocycles. The van der Waals surface area contributed by atoms with Crippen LogP contribution in [0.4, 0.5) is 0 Å². The fourth-order valence-electron chi connectivity index (χ4n) is 1.78. The minimum Gasteiger partial charge on any atom is -0.495 e. The first-order chi connectivity index (χ1) is 9.35. The molecule has 1 rings (SSSR count). The lowest BCUT2D eigenvalue weighted by Crippen LogP contribution is -2.35. The molecule has 0 aliphatic heterocycles. The molecule has 0 heterocycles. The van der Waals surface area contributed by atoms with Gasteiger partial charge in [0.15, 0.2) is 0 Å². The van der Waals surface area contributed by atoms with Crippen molar-refractivity contribution in [3.05, 3.63) is 22.7 Å². The minimum atomic E-state index is -3.83. The summed E-state index contributed by atoms with van der Waals surface area (Å²) < 4.78 is 37.1. The van der Waals surface area contributed by atoms with Crippen LogP contribution in [0.1, 0.15) is 12.5 Å². The van der Waals surface area contributed by atoms with Crippen LogP contribution < -0.4 is 9.46 Å². The van der Waals surface area contributed by atoms with E-state index in [1.165, 1.54) is 26.4 Å². The van der Waals surface area contributed by atoms with Gasteiger partial charge in [0.1, 0.15) is 10.6 Å². The molecular weight excluding hydrogens is 306 g/mol. The third kappa shape index (κ3) is 4.07. The maximum absolute atomic E-state index is 12.3. The van der Waals surface area contributed by atoms with Crippen LogP contribution in [0, 0.1) is 0 Å². The summed E-state index contributed by atoms with van der Waals surface area (Å²) in [6, 6.07) is 2.32. The molecule has 6 nitrogen and oxygen atoms in total. The highest BCUT2D eigenvalue weighted by molar-refractivity contribution is 7.89. The number of halogens is 1. The number of hydrogen-bond acceptors (Lipinski definition) is 5. The number of nitrogens with one attached hydrogen (secondary N) is 1. The zero-order valence-corrected chi connectivity index (χ0v) is 13.1. The number of methoxy groups -OCH3 is 2. The second-order valence-electron chi connectivity index (χ2n) is 4.23. The predicted molar refractivity (Wildman–Crippen MR) is 75.6 cm³/mol. The predicted octanol–water partition coefficient (Wildman–Crippen LogP) is 1.15. The quantitative estimate of drug-likeness (QED) is 0.786. The first kappa shape index (κ1) is 17.2. The van der Waals surface area contributed by atoms with Crippen molar-refractivity contribution in [1.29, 1.82) is 0 Å². The Balaban J connectivity index is 3.26. The second-order valence-corrected chi connectivity index (χ2v) is 6.35. The number of sulfonamides is 1. The van der Waals surface area contributed by atoms with Crippen molar-refractivity contribution in [1.82, 2.24) is 4.72 Å². The molecule has 1 aromatic rings. The van der Waals surface area contributed by atoms with Crippen LogP contribution in [0.5, 0.6) is 5.75 Å². The Kier molecular flexibility index (Phi) is 6.22. The van der Waals surface area contributed by atoms with E-state index in [0.717, 1.165) is 0 Å². The lowest BCUT2D eigenvalue weighted by atomic mass is 10.2. The van der Waals surface area contributed by atoms with Gasteiger partial charge in [0.05, 0.1) is 20.3 Å². The molecule has 1 unspecified atom stereocenters. The van der Waals surface area contributed by atoms with E-state index < -0.39 is 16.1 Å². The molecule has 0 aliphatic carbocycles. The first-order valence-corrected chi connectivity index (χ1v) is 7.70. The molecule has 0 spiro atoms. The van der Waals surface area contributed by atoms with Crippen LogP contribution in [0.25, 0.3) is 0 Å². The van der Waals surface area contributed by atoms with Crippen molar-refractivity contribution in [3.8, 4) is 5.75 Å². The number of rotatable bonds is 7. The van der Waals surface area contributed by atoms with Crippen molar-refractivity contribution in [3.63, 3.8) is 0 Å². The third-order valence-electron chi connectivity index (χ3n) is 2.53. The molecule has 0 amide bonds. The molecule has 0 radical (unpaired) electrons. The lowest BCUT2D eigenvalue weighted by Gasteiger charge is -2.17. The molecular formula is C12H18ClNO5S. The fraction of sp³-hybridized carbons (Fsp3) is 0.500. The highest BCUT2D eigenvalue weighted by Gasteiger charge is 2.24. The van der Waals surface area contributed by atoms with E-state index in [2.05, 4.69) is 4.72 Å². The van der Waals surface area contributed by atoms with Gasteiger partial charge < -0.3 is 14.6 Å². The molecule has 20 heavy (non-hydrogen) atoms. The topological polar surface area (TPSA) is 84.9 Å². The maximum atomic E-state index is 12.3. The zero-order valence-electron chi connectivity index (χ0n) is 11.5. The van der Waals surface area contributed by atoms with Gasteiger partial charge in [0.2, 0.25) is 10.0 Å². The fourth-order valence-corrected chi connectivity index (χ4v) is 3.55. The number of hydrogen-bond donors (Lipinski definition) is 2. The van der Waals surface area contributed by atoms with E-state index in [4.69, 9.17) is 21.1 Å². The van der Waals surface area contributed by atoms with Crippen LogP contribution >= 0.6 is 11.6 Å². The summed E-state index contributed by atoms with van der Waals surface area (Å²) in [6.07, 6.45) is 0. The number of ether oxygens (including phenoxy) is 2. The summed E-state index contributed by atoms with van der Waals surface area (Å²) >= 11 is 5.88. The van der Waals surface area contributed by atoms with Gasteiger partial charge >= 0.3 is 0 Å². The first-order valence-electron chi connectivity index (χ1n) is 5.84. The number of aliphatic hydroxyl groups excluding tert-OH is 1. The van der Waals surface area contributed by atoms with Crippen molar-refractivity contribution >= 4 is 21.6 Å². The van der Waals surface area contributed by atoms with Gasteiger partial charge in [-0.25, -0.2) is 13.1 Å². The normalized spacial score (nSPS) is 13.2. The highest BCUT2D eigenvalue weighted by atomic mass is 35.5. The van der Waals surface area contributed by atoms with Gasteiger partial charge in [0, 0.05) is 23.7 Å². The Morgan fingerprint density at radius 1 is 1.40 bits per heavy atom. The molecule has 1 atom stereocenters. The minimum absolute atomic E-state index is 0.0778. The summed E-state index contributed by atoms with van der Waals surface area (Å²) in [6.45, 7) is 1.53. The summed E-state index contributed by atoms with van der Waals surface area (Å²) in [4.78, 5) is -0.112. The van der Waals surface area contributed by atoms with Crippen LogP contribution in [0.2, 0.25) is 5.02 Å². The molecule has 1 aromatic carbocycles. The van der Waals surface area contributed by atoms with E-state index in [0.29, 0.717) is 5.56 Å². The Labute approximate surface area is 123 Å². The number of benzene rings is 1. The summed E-state index contributed by atoms with van der Waals surface area (Å²) in [7, 11) is -1.02. The largest absolute Gasteiger partial charge is 0.495 e. The maximum Gasteiger partial charge on any atom is 0.244 e. The Morgan fingerprint density at radius 3 is 2.55 bits per heavy atom. The zero-order chi connectivity index (χ0) is 15.3. The molecule has 8 heteroatoms. The summed E-state index contributed by atoms with van der Waals surface area (Å²) in [5.74, 6) is 0.0778. The van der Waals surface area contributed by atoms with Gasteiger partial charge in [0.25, 0.3) is 0 Å². The molecule has 114 valence electrons. The standard InChI is InChI=1S/C12H18ClNO5S/c1-8(7-18-2)14-20(16,17)11-5-10(13)4-9(6-15)12(11)19-3/h4-5,8,14-15H,6-7H2,1-3H3. The summed E-state index contributed by atoms with van der Waals surface area (Å²) in [5, 5.41) is 9.46. The molecule has 0 fully saturated rings. The molecule has 0 aliphatic rings. The average molecular weight is 324 g/mol. The lowest BCUT2D eigenvalue weighted by molar-refractivity contribution is 0.180.